The summed E-state index contributed by atoms with van der Waals surface area (Å²) < 4.78 is 0. The lowest BCUT2D eigenvalue weighted by atomic mass is 9.66. The largest absolute Gasteiger partial charge is 0.392 e. The smallest absolute Gasteiger partial charge is 0.0632 e. The average Bonchev–Trinajstić information content (AvgIpc) is 2.57. The highest BCUT2D eigenvalue weighted by molar-refractivity contribution is 6.31. The van der Waals surface area contributed by atoms with E-state index in [4.69, 9.17) is 23.2 Å². The van der Waals surface area contributed by atoms with Crippen molar-refractivity contribution in [2.45, 2.75) is 37.5 Å². The Labute approximate surface area is 152 Å². The lowest BCUT2D eigenvalue weighted by Gasteiger charge is -2.50. The van der Waals surface area contributed by atoms with Crippen molar-refractivity contribution in [3.63, 3.8) is 0 Å². The third-order valence-electron chi connectivity index (χ3n) is 5.65. The second-order valence-electron chi connectivity index (χ2n) is 6.91. The van der Waals surface area contributed by atoms with E-state index < -0.39 is 0 Å². The van der Waals surface area contributed by atoms with Crippen LogP contribution in [0.25, 0.3) is 0 Å². The fourth-order valence-electron chi connectivity index (χ4n) is 4.51. The zero-order chi connectivity index (χ0) is 16.7. The first-order valence-corrected chi connectivity index (χ1v) is 9.35. The number of aliphatic hydroxyl groups excluding tert-OH is 1. The molecule has 1 saturated carbocycles. The fourth-order valence-corrected chi connectivity index (χ4v) is 5.02. The molecule has 0 spiro atoms. The van der Waals surface area contributed by atoms with Crippen molar-refractivity contribution in [1.82, 2.24) is 5.32 Å². The Morgan fingerprint density at radius 3 is 1.71 bits per heavy atom. The lowest BCUT2D eigenvalue weighted by Crippen LogP contribution is -2.53. The summed E-state index contributed by atoms with van der Waals surface area (Å²) in [5.41, 5.74) is 2.14. The monoisotopic (exact) mass is 361 g/mol. The minimum atomic E-state index is -0.331. The van der Waals surface area contributed by atoms with Crippen LogP contribution in [-0.4, -0.2) is 11.2 Å². The van der Waals surface area contributed by atoms with Gasteiger partial charge in [0.2, 0.25) is 0 Å². The van der Waals surface area contributed by atoms with Crippen LogP contribution in [0.15, 0.2) is 48.5 Å². The minimum absolute atomic E-state index is 0.0477. The summed E-state index contributed by atoms with van der Waals surface area (Å²) in [5.74, 6) is 0.393. The van der Waals surface area contributed by atoms with Gasteiger partial charge < -0.3 is 10.4 Å². The number of hydrogen-bond donors (Lipinski definition) is 2. The van der Waals surface area contributed by atoms with Crippen LogP contribution >= 0.6 is 23.2 Å². The third kappa shape index (κ3) is 2.76. The highest BCUT2D eigenvalue weighted by atomic mass is 35.5. The van der Waals surface area contributed by atoms with Crippen LogP contribution in [-0.2, 0) is 0 Å². The highest BCUT2D eigenvalue weighted by Crippen LogP contribution is 2.49. The van der Waals surface area contributed by atoms with Crippen molar-refractivity contribution >= 4 is 23.2 Å². The first kappa shape index (κ1) is 16.4. The average molecular weight is 362 g/mol. The van der Waals surface area contributed by atoms with Crippen LogP contribution in [0, 0.1) is 11.8 Å². The summed E-state index contributed by atoms with van der Waals surface area (Å²) in [4.78, 5) is 0. The van der Waals surface area contributed by atoms with Crippen molar-refractivity contribution in [3.05, 3.63) is 69.7 Å². The maximum Gasteiger partial charge on any atom is 0.0632 e. The Bertz CT molecular complexity index is 676. The number of halogens is 2. The van der Waals surface area contributed by atoms with E-state index >= 15 is 0 Å². The molecule has 4 heteroatoms. The molecule has 2 aromatic carbocycles. The van der Waals surface area contributed by atoms with E-state index in [0.717, 1.165) is 40.4 Å². The van der Waals surface area contributed by atoms with Gasteiger partial charge >= 0.3 is 0 Å². The van der Waals surface area contributed by atoms with Gasteiger partial charge in [0, 0.05) is 34.0 Å². The Balaban J connectivity index is 1.76. The Morgan fingerprint density at radius 1 is 0.792 bits per heavy atom. The van der Waals surface area contributed by atoms with Gasteiger partial charge in [-0.05, 0) is 36.1 Å². The highest BCUT2D eigenvalue weighted by Gasteiger charge is 2.47. The van der Waals surface area contributed by atoms with Gasteiger partial charge in [-0.3, -0.25) is 0 Å². The summed E-state index contributed by atoms with van der Waals surface area (Å²) in [6.07, 6.45) is 2.85. The molecular weight excluding hydrogens is 341 g/mol. The maximum absolute atomic E-state index is 11.0. The number of hydrogen-bond acceptors (Lipinski definition) is 2. The summed E-state index contributed by atoms with van der Waals surface area (Å²) in [7, 11) is 0. The van der Waals surface area contributed by atoms with E-state index in [1.807, 2.05) is 36.4 Å². The Morgan fingerprint density at radius 2 is 1.25 bits per heavy atom. The molecule has 2 nitrogen and oxygen atoms in total. The van der Waals surface area contributed by atoms with Crippen molar-refractivity contribution in [2.75, 3.05) is 0 Å². The van der Waals surface area contributed by atoms with Crippen LogP contribution in [0.2, 0.25) is 10.0 Å². The van der Waals surface area contributed by atoms with Gasteiger partial charge in [0.1, 0.15) is 0 Å². The van der Waals surface area contributed by atoms with Crippen molar-refractivity contribution in [2.24, 2.45) is 11.8 Å². The van der Waals surface area contributed by atoms with Crippen molar-refractivity contribution < 1.29 is 5.11 Å². The SMILES string of the molecule is OC1C2CCCC1C(c1ccccc1Cl)NC2c1ccccc1Cl. The molecule has 4 unspecified atom stereocenters. The number of benzene rings is 2. The first-order chi connectivity index (χ1) is 11.7. The molecular formula is C20H21Cl2NO. The zero-order valence-corrected chi connectivity index (χ0v) is 14.8. The van der Waals surface area contributed by atoms with E-state index in [0.29, 0.717) is 0 Å². The fraction of sp³-hybridized carbons (Fsp3) is 0.400. The number of nitrogens with one attached hydrogen (secondary N) is 1. The van der Waals surface area contributed by atoms with Gasteiger partial charge in [-0.25, -0.2) is 0 Å². The quantitative estimate of drug-likeness (QED) is 0.774. The number of piperidine rings is 1. The summed E-state index contributed by atoms with van der Waals surface area (Å²) in [5, 5.41) is 16.3. The van der Waals surface area contributed by atoms with Crippen LogP contribution < -0.4 is 5.32 Å². The normalized spacial score (nSPS) is 32.5. The molecule has 4 rings (SSSR count). The molecule has 1 heterocycles. The van der Waals surface area contributed by atoms with E-state index in [9.17, 15) is 5.11 Å². The van der Waals surface area contributed by atoms with E-state index in [1.54, 1.807) is 0 Å². The molecule has 2 fully saturated rings. The summed E-state index contributed by atoms with van der Waals surface area (Å²) in [6, 6.07) is 16.0. The number of fused-ring (bicyclic) bond motifs is 2. The summed E-state index contributed by atoms with van der Waals surface area (Å²) >= 11 is 12.9. The predicted octanol–water partition coefficient (Wildman–Crippen LogP) is 5.16. The molecule has 1 aliphatic carbocycles. The van der Waals surface area contributed by atoms with Crippen molar-refractivity contribution in [1.29, 1.82) is 0 Å². The Hall–Kier alpha value is -1.06. The van der Waals surface area contributed by atoms with Crippen LogP contribution in [0.1, 0.15) is 42.5 Å². The van der Waals surface area contributed by atoms with Gasteiger partial charge in [-0.2, -0.15) is 0 Å². The van der Waals surface area contributed by atoms with Crippen LogP contribution in [0.3, 0.4) is 0 Å². The minimum Gasteiger partial charge on any atom is -0.392 e. The molecule has 2 aromatic rings. The maximum atomic E-state index is 11.0. The predicted molar refractivity (Wildman–Crippen MR) is 98.4 cm³/mol. The molecule has 4 atom stereocenters. The zero-order valence-electron chi connectivity index (χ0n) is 13.3. The van der Waals surface area contributed by atoms with Gasteiger partial charge in [0.25, 0.3) is 0 Å². The van der Waals surface area contributed by atoms with E-state index in [-0.39, 0.29) is 30.0 Å². The van der Waals surface area contributed by atoms with Gasteiger partial charge in [-0.15, -0.1) is 0 Å². The molecule has 1 aliphatic heterocycles. The number of rotatable bonds is 2. The molecule has 0 radical (unpaired) electrons. The van der Waals surface area contributed by atoms with Crippen LogP contribution in [0.5, 0.6) is 0 Å². The van der Waals surface area contributed by atoms with Crippen molar-refractivity contribution in [3.8, 4) is 0 Å². The molecule has 0 aromatic heterocycles. The van der Waals surface area contributed by atoms with E-state index in [2.05, 4.69) is 17.4 Å². The topological polar surface area (TPSA) is 32.3 Å². The van der Waals surface area contributed by atoms with Crippen LogP contribution in [0.4, 0.5) is 0 Å². The van der Waals surface area contributed by atoms with E-state index in [1.165, 1.54) is 0 Å². The summed E-state index contributed by atoms with van der Waals surface area (Å²) in [6.45, 7) is 0. The second-order valence-corrected chi connectivity index (χ2v) is 7.73. The molecule has 2 N–H and O–H groups in total. The standard InChI is InChI=1S/C20H21Cl2NO/c21-16-10-3-1-6-12(16)18-14-8-5-9-15(20(14)24)19(23-18)13-7-2-4-11-17(13)22/h1-4,6-7,10-11,14-15,18-20,23-24H,5,8-9H2. The molecule has 0 amide bonds. The second kappa shape index (κ2) is 6.68. The molecule has 1 saturated heterocycles. The lowest BCUT2D eigenvalue weighted by molar-refractivity contribution is -0.0516. The molecule has 2 aliphatic rings. The Kier molecular flexibility index (Phi) is 4.57. The third-order valence-corrected chi connectivity index (χ3v) is 6.34. The first-order valence-electron chi connectivity index (χ1n) is 8.60. The van der Waals surface area contributed by atoms with Gasteiger partial charge in [-0.1, -0.05) is 66.0 Å². The molecule has 2 bridgehead atoms. The van der Waals surface area contributed by atoms with Gasteiger partial charge in [0.05, 0.1) is 6.10 Å². The molecule has 24 heavy (non-hydrogen) atoms. The van der Waals surface area contributed by atoms with Gasteiger partial charge in [0.15, 0.2) is 0 Å². The number of aliphatic hydroxyl groups is 1. The molecule has 126 valence electrons.